The van der Waals surface area contributed by atoms with Crippen molar-refractivity contribution in [2.45, 2.75) is 25.7 Å². The Balaban J connectivity index is 1.61. The minimum atomic E-state index is 0.170. The molecule has 0 bridgehead atoms. The molecule has 2 aromatic rings. The van der Waals surface area contributed by atoms with Gasteiger partial charge >= 0.3 is 0 Å². The lowest BCUT2D eigenvalue weighted by Gasteiger charge is -2.33. The maximum Gasteiger partial charge on any atom is 0.253 e. The van der Waals surface area contributed by atoms with E-state index < -0.39 is 0 Å². The molecule has 1 aliphatic heterocycles. The van der Waals surface area contributed by atoms with Crippen molar-refractivity contribution in [1.29, 1.82) is 0 Å². The van der Waals surface area contributed by atoms with Crippen molar-refractivity contribution >= 4 is 17.2 Å². The number of likely N-dealkylation sites (tertiary alicyclic amines) is 1. The average molecular weight is 343 g/mol. The van der Waals surface area contributed by atoms with E-state index in [0.717, 1.165) is 44.5 Å². The summed E-state index contributed by atoms with van der Waals surface area (Å²) in [7, 11) is 1.75. The highest BCUT2D eigenvalue weighted by molar-refractivity contribution is 7.08. The summed E-state index contributed by atoms with van der Waals surface area (Å²) in [5.74, 6) is 0.784. The second kappa shape index (κ2) is 8.45. The number of carbonyl (C=O) groups excluding carboxylic acids is 1. The molecule has 3 nitrogen and oxygen atoms in total. The number of carbonyl (C=O) groups is 1. The maximum absolute atomic E-state index is 12.8. The molecule has 1 unspecified atom stereocenters. The van der Waals surface area contributed by atoms with E-state index >= 15 is 0 Å². The number of nitrogens with zero attached hydrogens (tertiary/aromatic N) is 1. The van der Waals surface area contributed by atoms with Gasteiger partial charge in [0.25, 0.3) is 5.91 Å². The van der Waals surface area contributed by atoms with Gasteiger partial charge in [0.2, 0.25) is 0 Å². The van der Waals surface area contributed by atoms with Crippen molar-refractivity contribution in [2.75, 3.05) is 26.8 Å². The van der Waals surface area contributed by atoms with Crippen LogP contribution >= 0.6 is 11.3 Å². The second-order valence-corrected chi connectivity index (χ2v) is 7.26. The van der Waals surface area contributed by atoms with Gasteiger partial charge < -0.3 is 9.64 Å². The van der Waals surface area contributed by atoms with Crippen LogP contribution in [0.2, 0.25) is 0 Å². The van der Waals surface area contributed by atoms with Gasteiger partial charge in [-0.3, -0.25) is 4.79 Å². The van der Waals surface area contributed by atoms with Gasteiger partial charge in [0.1, 0.15) is 0 Å². The first-order chi connectivity index (χ1) is 11.8. The summed E-state index contributed by atoms with van der Waals surface area (Å²) in [5, 5.41) is 4.21. The lowest BCUT2D eigenvalue weighted by atomic mass is 9.93. The SMILES string of the molecule is COCCCC1CCCN(C(=O)c2ccc(-c3ccsc3)cc2)C1. The van der Waals surface area contributed by atoms with Gasteiger partial charge in [-0.1, -0.05) is 12.1 Å². The number of rotatable bonds is 6. The maximum atomic E-state index is 12.8. The highest BCUT2D eigenvalue weighted by atomic mass is 32.1. The van der Waals surface area contributed by atoms with Crippen LogP contribution in [0.15, 0.2) is 41.1 Å². The number of amides is 1. The Morgan fingerprint density at radius 1 is 1.25 bits per heavy atom. The smallest absolute Gasteiger partial charge is 0.253 e. The molecule has 1 aliphatic rings. The van der Waals surface area contributed by atoms with Crippen molar-refractivity contribution < 1.29 is 9.53 Å². The van der Waals surface area contributed by atoms with Crippen LogP contribution in [0.25, 0.3) is 11.1 Å². The monoisotopic (exact) mass is 343 g/mol. The Labute approximate surface area is 148 Å². The zero-order valence-electron chi connectivity index (χ0n) is 14.2. The van der Waals surface area contributed by atoms with Crippen LogP contribution in [0.1, 0.15) is 36.0 Å². The number of thiophene rings is 1. The van der Waals surface area contributed by atoms with Crippen molar-refractivity contribution in [3.63, 3.8) is 0 Å². The van der Waals surface area contributed by atoms with Crippen LogP contribution in [0.5, 0.6) is 0 Å². The van der Waals surface area contributed by atoms with Crippen molar-refractivity contribution in [3.8, 4) is 11.1 Å². The van der Waals surface area contributed by atoms with E-state index in [1.807, 2.05) is 17.0 Å². The standard InChI is InChI=1S/C20H25NO2S/c1-23-12-3-5-16-4-2-11-21(14-16)20(22)18-8-6-17(7-9-18)19-10-13-24-15-19/h6-10,13,15-16H,2-5,11-12,14H2,1H3. The van der Waals surface area contributed by atoms with Crippen LogP contribution in [-0.4, -0.2) is 37.6 Å². The number of methoxy groups -OCH3 is 1. The van der Waals surface area contributed by atoms with Gasteiger partial charge in [0, 0.05) is 32.4 Å². The molecule has 0 saturated carbocycles. The number of piperidine rings is 1. The Kier molecular flexibility index (Phi) is 6.05. The van der Waals surface area contributed by atoms with Gasteiger partial charge in [-0.05, 0) is 71.7 Å². The summed E-state index contributed by atoms with van der Waals surface area (Å²) in [5.41, 5.74) is 3.19. The minimum Gasteiger partial charge on any atom is -0.385 e. The number of benzene rings is 1. The van der Waals surface area contributed by atoms with Gasteiger partial charge in [-0.25, -0.2) is 0 Å². The van der Waals surface area contributed by atoms with Crippen molar-refractivity contribution in [1.82, 2.24) is 4.90 Å². The zero-order valence-corrected chi connectivity index (χ0v) is 15.1. The molecule has 1 aromatic heterocycles. The van der Waals surface area contributed by atoms with E-state index in [4.69, 9.17) is 4.74 Å². The summed E-state index contributed by atoms with van der Waals surface area (Å²) in [4.78, 5) is 14.8. The van der Waals surface area contributed by atoms with E-state index in [-0.39, 0.29) is 5.91 Å². The highest BCUT2D eigenvalue weighted by Gasteiger charge is 2.24. The molecular formula is C20H25NO2S. The van der Waals surface area contributed by atoms with E-state index in [1.165, 1.54) is 17.5 Å². The first kappa shape index (κ1) is 17.2. The zero-order chi connectivity index (χ0) is 16.8. The summed E-state index contributed by atoms with van der Waals surface area (Å²) < 4.78 is 5.14. The molecule has 1 atom stereocenters. The quantitative estimate of drug-likeness (QED) is 0.712. The van der Waals surface area contributed by atoms with Crippen LogP contribution < -0.4 is 0 Å². The van der Waals surface area contributed by atoms with E-state index in [9.17, 15) is 4.79 Å². The molecule has 2 heterocycles. The normalized spacial score (nSPS) is 17.9. The van der Waals surface area contributed by atoms with Crippen LogP contribution in [-0.2, 0) is 4.74 Å². The van der Waals surface area contributed by atoms with Gasteiger partial charge in [0.05, 0.1) is 0 Å². The van der Waals surface area contributed by atoms with Gasteiger partial charge in [-0.2, -0.15) is 11.3 Å². The fourth-order valence-electron chi connectivity index (χ4n) is 3.42. The second-order valence-electron chi connectivity index (χ2n) is 6.48. The summed E-state index contributed by atoms with van der Waals surface area (Å²) in [6, 6.07) is 10.1. The van der Waals surface area contributed by atoms with Gasteiger partial charge in [-0.15, -0.1) is 0 Å². The van der Waals surface area contributed by atoms with E-state index in [1.54, 1.807) is 18.4 Å². The molecule has 1 saturated heterocycles. The lowest BCUT2D eigenvalue weighted by molar-refractivity contribution is 0.0660. The average Bonchev–Trinajstić information content (AvgIpc) is 3.16. The summed E-state index contributed by atoms with van der Waals surface area (Å²) >= 11 is 1.69. The van der Waals surface area contributed by atoms with Crippen LogP contribution in [0.3, 0.4) is 0 Å². The molecule has 24 heavy (non-hydrogen) atoms. The Morgan fingerprint density at radius 2 is 2.08 bits per heavy atom. The highest BCUT2D eigenvalue weighted by Crippen LogP contribution is 2.25. The largest absolute Gasteiger partial charge is 0.385 e. The number of hydrogen-bond donors (Lipinski definition) is 0. The molecule has 4 heteroatoms. The van der Waals surface area contributed by atoms with Crippen LogP contribution in [0, 0.1) is 5.92 Å². The Hall–Kier alpha value is -1.65. The molecule has 3 rings (SSSR count). The molecule has 0 radical (unpaired) electrons. The van der Waals surface area contributed by atoms with E-state index in [0.29, 0.717) is 5.92 Å². The third kappa shape index (κ3) is 4.25. The number of ether oxygens (including phenoxy) is 1. The van der Waals surface area contributed by atoms with Gasteiger partial charge in [0.15, 0.2) is 0 Å². The van der Waals surface area contributed by atoms with Crippen molar-refractivity contribution in [3.05, 3.63) is 46.7 Å². The fraction of sp³-hybridized carbons (Fsp3) is 0.450. The minimum absolute atomic E-state index is 0.170. The first-order valence-electron chi connectivity index (χ1n) is 8.69. The topological polar surface area (TPSA) is 29.5 Å². The first-order valence-corrected chi connectivity index (χ1v) is 9.63. The lowest BCUT2D eigenvalue weighted by Crippen LogP contribution is -2.40. The summed E-state index contributed by atoms with van der Waals surface area (Å²) in [6.45, 7) is 2.58. The molecule has 1 aromatic carbocycles. The predicted molar refractivity (Wildman–Crippen MR) is 99.5 cm³/mol. The Bertz CT molecular complexity index is 636. The molecule has 0 aliphatic carbocycles. The third-order valence-electron chi connectivity index (χ3n) is 4.75. The molecule has 1 fully saturated rings. The molecule has 0 spiro atoms. The molecule has 128 valence electrons. The van der Waals surface area contributed by atoms with Crippen LogP contribution in [0.4, 0.5) is 0 Å². The fourth-order valence-corrected chi connectivity index (χ4v) is 4.08. The predicted octanol–water partition coefficient (Wildman–Crippen LogP) is 4.69. The molecule has 0 N–H and O–H groups in total. The molecule has 1 amide bonds. The third-order valence-corrected chi connectivity index (χ3v) is 5.44. The summed E-state index contributed by atoms with van der Waals surface area (Å²) in [6.07, 6.45) is 4.56. The Morgan fingerprint density at radius 3 is 2.79 bits per heavy atom. The van der Waals surface area contributed by atoms with Crippen molar-refractivity contribution in [2.24, 2.45) is 5.92 Å². The van der Waals surface area contributed by atoms with E-state index in [2.05, 4.69) is 29.0 Å². The molecular weight excluding hydrogens is 318 g/mol. The number of hydrogen-bond acceptors (Lipinski definition) is 3.